The third-order valence-electron chi connectivity index (χ3n) is 4.08. The van der Waals surface area contributed by atoms with E-state index in [1.165, 1.54) is 12.3 Å². The number of anilines is 1. The number of imide groups is 1. The van der Waals surface area contributed by atoms with Gasteiger partial charge in [0.2, 0.25) is 0 Å². The molecule has 174 valence electrons. The van der Waals surface area contributed by atoms with Crippen molar-refractivity contribution in [2.75, 3.05) is 4.90 Å². The number of rotatable bonds is 3. The average molecular weight is 445 g/mol. The van der Waals surface area contributed by atoms with Gasteiger partial charge in [-0.1, -0.05) is 0 Å². The number of hydrogen-bond acceptors (Lipinski definition) is 7. The minimum Gasteiger partial charge on any atom is -0.443 e. The van der Waals surface area contributed by atoms with Crippen molar-refractivity contribution >= 4 is 18.0 Å². The molecular formula is C23H32N4O5. The van der Waals surface area contributed by atoms with Gasteiger partial charge in [-0.15, -0.1) is 0 Å². The van der Waals surface area contributed by atoms with Gasteiger partial charge in [0.05, 0.1) is 17.6 Å². The van der Waals surface area contributed by atoms with Crippen LogP contribution >= 0.6 is 0 Å². The summed E-state index contributed by atoms with van der Waals surface area (Å²) in [6.45, 7) is 15.6. The second-order valence-electron chi connectivity index (χ2n) is 9.72. The quantitative estimate of drug-likeness (QED) is 0.665. The summed E-state index contributed by atoms with van der Waals surface area (Å²) in [5, 5.41) is 0. The molecule has 0 aliphatic rings. The van der Waals surface area contributed by atoms with Crippen LogP contribution in [0.2, 0.25) is 0 Å². The summed E-state index contributed by atoms with van der Waals surface area (Å²) < 4.78 is 12.4. The van der Waals surface area contributed by atoms with E-state index >= 15 is 0 Å². The SMILES string of the molecule is Cc1nc(-c2ccc(=O)n(C(C)C)c2)cnc1N(C(=O)OC(C)(C)C)C(=O)OC(C)(C)C. The van der Waals surface area contributed by atoms with E-state index < -0.39 is 23.4 Å². The third-order valence-corrected chi connectivity index (χ3v) is 4.08. The van der Waals surface area contributed by atoms with Gasteiger partial charge < -0.3 is 14.0 Å². The molecule has 0 saturated heterocycles. The van der Waals surface area contributed by atoms with Crippen LogP contribution in [-0.2, 0) is 9.47 Å². The molecule has 2 rings (SSSR count). The summed E-state index contributed by atoms with van der Waals surface area (Å²) >= 11 is 0. The summed E-state index contributed by atoms with van der Waals surface area (Å²) in [6.07, 6.45) is 1.32. The lowest BCUT2D eigenvalue weighted by Gasteiger charge is -2.28. The highest BCUT2D eigenvalue weighted by Gasteiger charge is 2.35. The van der Waals surface area contributed by atoms with Gasteiger partial charge >= 0.3 is 12.2 Å². The minimum atomic E-state index is -0.912. The van der Waals surface area contributed by atoms with E-state index in [2.05, 4.69) is 9.97 Å². The van der Waals surface area contributed by atoms with Gasteiger partial charge in [-0.25, -0.2) is 19.6 Å². The Morgan fingerprint density at radius 3 is 1.97 bits per heavy atom. The van der Waals surface area contributed by atoms with Crippen molar-refractivity contribution in [3.05, 3.63) is 40.6 Å². The van der Waals surface area contributed by atoms with Crippen LogP contribution in [0.3, 0.4) is 0 Å². The topological polar surface area (TPSA) is 104 Å². The van der Waals surface area contributed by atoms with Crippen LogP contribution in [0.5, 0.6) is 0 Å². The van der Waals surface area contributed by atoms with Crippen LogP contribution in [0.4, 0.5) is 15.4 Å². The van der Waals surface area contributed by atoms with Crippen LogP contribution in [0.1, 0.15) is 67.1 Å². The van der Waals surface area contributed by atoms with Gasteiger partial charge in [0.25, 0.3) is 5.56 Å². The first-order chi connectivity index (χ1) is 14.6. The molecule has 0 bridgehead atoms. The number of amides is 2. The zero-order valence-electron chi connectivity index (χ0n) is 20.2. The number of carbonyl (C=O) groups is 2. The smallest absolute Gasteiger partial charge is 0.425 e. The Kier molecular flexibility index (Phi) is 7.12. The molecule has 2 aromatic heterocycles. The molecule has 9 nitrogen and oxygen atoms in total. The van der Waals surface area contributed by atoms with Crippen LogP contribution in [0.15, 0.2) is 29.3 Å². The number of carbonyl (C=O) groups excluding carboxylic acids is 2. The molecule has 0 radical (unpaired) electrons. The fourth-order valence-electron chi connectivity index (χ4n) is 2.76. The predicted octanol–water partition coefficient (Wildman–Crippen LogP) is 4.87. The highest BCUT2D eigenvalue weighted by Crippen LogP contribution is 2.25. The maximum Gasteiger partial charge on any atom is 0.425 e. The maximum absolute atomic E-state index is 12.8. The normalized spacial score (nSPS) is 11.9. The molecule has 0 atom stereocenters. The molecular weight excluding hydrogens is 412 g/mol. The van der Waals surface area contributed by atoms with E-state index in [-0.39, 0.29) is 17.4 Å². The number of aryl methyl sites for hydroxylation is 1. The van der Waals surface area contributed by atoms with Crippen molar-refractivity contribution in [1.82, 2.24) is 14.5 Å². The Labute approximate surface area is 188 Å². The molecule has 0 unspecified atom stereocenters. The van der Waals surface area contributed by atoms with Crippen molar-refractivity contribution in [2.45, 2.75) is 79.6 Å². The summed E-state index contributed by atoms with van der Waals surface area (Å²) in [6, 6.07) is 3.10. The van der Waals surface area contributed by atoms with Crippen LogP contribution in [0, 0.1) is 6.92 Å². The van der Waals surface area contributed by atoms with Gasteiger partial charge in [-0.05, 0) is 68.4 Å². The molecule has 0 N–H and O–H groups in total. The van der Waals surface area contributed by atoms with Gasteiger partial charge in [0.15, 0.2) is 5.82 Å². The highest BCUT2D eigenvalue weighted by atomic mass is 16.6. The van der Waals surface area contributed by atoms with E-state index in [0.29, 0.717) is 17.0 Å². The van der Waals surface area contributed by atoms with E-state index in [4.69, 9.17) is 9.47 Å². The van der Waals surface area contributed by atoms with Crippen LogP contribution in [0.25, 0.3) is 11.3 Å². The van der Waals surface area contributed by atoms with Crippen molar-refractivity contribution < 1.29 is 19.1 Å². The molecule has 2 aromatic rings. The van der Waals surface area contributed by atoms with Crippen LogP contribution < -0.4 is 10.5 Å². The summed E-state index contributed by atoms with van der Waals surface area (Å²) in [5.74, 6) is 0.00873. The van der Waals surface area contributed by atoms with E-state index in [0.717, 1.165) is 4.90 Å². The molecule has 2 heterocycles. The Hall–Kier alpha value is -3.23. The number of hydrogen-bond donors (Lipinski definition) is 0. The number of pyridine rings is 1. The molecule has 0 aromatic carbocycles. The van der Waals surface area contributed by atoms with Gasteiger partial charge in [-0.3, -0.25) is 4.79 Å². The number of aromatic nitrogens is 3. The maximum atomic E-state index is 12.8. The second kappa shape index (κ2) is 9.10. The van der Waals surface area contributed by atoms with E-state index in [1.807, 2.05) is 13.8 Å². The second-order valence-corrected chi connectivity index (χ2v) is 9.72. The summed E-state index contributed by atoms with van der Waals surface area (Å²) in [7, 11) is 0. The van der Waals surface area contributed by atoms with Crippen LogP contribution in [-0.4, -0.2) is 37.9 Å². The molecule has 0 spiro atoms. The minimum absolute atomic E-state index is 0.00873. The van der Waals surface area contributed by atoms with E-state index in [9.17, 15) is 14.4 Å². The zero-order valence-corrected chi connectivity index (χ0v) is 20.2. The number of ether oxygens (including phenoxy) is 2. The first-order valence-corrected chi connectivity index (χ1v) is 10.4. The lowest BCUT2D eigenvalue weighted by atomic mass is 10.2. The summed E-state index contributed by atoms with van der Waals surface area (Å²) in [4.78, 5) is 47.3. The van der Waals surface area contributed by atoms with Gasteiger partial charge in [-0.2, -0.15) is 4.90 Å². The molecule has 0 aliphatic heterocycles. The molecule has 0 fully saturated rings. The van der Waals surface area contributed by atoms with Crippen molar-refractivity contribution in [3.63, 3.8) is 0 Å². The summed E-state index contributed by atoms with van der Waals surface area (Å²) in [5.41, 5.74) is -0.283. The molecule has 2 amide bonds. The monoisotopic (exact) mass is 444 g/mol. The van der Waals surface area contributed by atoms with Crippen molar-refractivity contribution in [3.8, 4) is 11.3 Å². The van der Waals surface area contributed by atoms with Gasteiger partial charge in [0.1, 0.15) is 11.2 Å². The first kappa shape index (κ1) is 25.0. The molecule has 0 saturated carbocycles. The standard InChI is InChI=1S/C23H32N4O5/c1-14(2)26-13-16(10-11-18(26)28)17-12-24-19(15(3)25-17)27(20(29)31-22(4,5)6)21(30)32-23(7,8)9/h10-14H,1-9H3. The van der Waals surface area contributed by atoms with Gasteiger partial charge in [0, 0.05) is 23.9 Å². The Bertz CT molecular complexity index is 1030. The average Bonchev–Trinajstić information content (AvgIpc) is 2.60. The first-order valence-electron chi connectivity index (χ1n) is 10.4. The van der Waals surface area contributed by atoms with Crippen molar-refractivity contribution in [1.29, 1.82) is 0 Å². The third kappa shape index (κ3) is 6.38. The number of nitrogens with zero attached hydrogens (tertiary/aromatic N) is 4. The Morgan fingerprint density at radius 2 is 1.53 bits per heavy atom. The molecule has 9 heteroatoms. The Morgan fingerprint density at radius 1 is 1.00 bits per heavy atom. The predicted molar refractivity (Wildman–Crippen MR) is 122 cm³/mol. The lowest BCUT2D eigenvalue weighted by molar-refractivity contribution is 0.0428. The highest BCUT2D eigenvalue weighted by molar-refractivity contribution is 6.09. The molecule has 0 aliphatic carbocycles. The fraction of sp³-hybridized carbons (Fsp3) is 0.522. The molecule has 32 heavy (non-hydrogen) atoms. The zero-order chi connectivity index (χ0) is 24.4. The Balaban J connectivity index is 2.51. The largest absolute Gasteiger partial charge is 0.443 e. The fourth-order valence-corrected chi connectivity index (χ4v) is 2.76. The van der Waals surface area contributed by atoms with E-state index in [1.54, 1.807) is 65.3 Å². The van der Waals surface area contributed by atoms with Crippen molar-refractivity contribution in [2.24, 2.45) is 0 Å². The lowest BCUT2D eigenvalue weighted by Crippen LogP contribution is -2.44.